The standard InChI is InChI=1S/C15H19N5O/c1-11-5-4-6-12(9-11)18-15(21)17-10-13-16-8-7-14(19-13)20(2)3/h4-9H,10H2,1-3H3,(H2,17,18,21). The van der Waals surface area contributed by atoms with E-state index >= 15 is 0 Å². The van der Waals surface area contributed by atoms with Crippen LogP contribution in [0.5, 0.6) is 0 Å². The van der Waals surface area contributed by atoms with Gasteiger partial charge in [0, 0.05) is 26.0 Å². The van der Waals surface area contributed by atoms with Crippen molar-refractivity contribution in [2.24, 2.45) is 0 Å². The molecule has 0 saturated heterocycles. The zero-order valence-corrected chi connectivity index (χ0v) is 12.4. The SMILES string of the molecule is Cc1cccc(NC(=O)NCc2nccc(N(C)C)n2)c1. The molecule has 0 spiro atoms. The molecule has 0 bridgehead atoms. The van der Waals surface area contributed by atoms with E-state index in [0.717, 1.165) is 17.1 Å². The lowest BCUT2D eigenvalue weighted by atomic mass is 10.2. The van der Waals surface area contributed by atoms with Crippen LogP contribution in [0.4, 0.5) is 16.3 Å². The summed E-state index contributed by atoms with van der Waals surface area (Å²) in [6.45, 7) is 2.25. The summed E-state index contributed by atoms with van der Waals surface area (Å²) in [6.07, 6.45) is 1.68. The molecule has 0 atom stereocenters. The second kappa shape index (κ2) is 6.69. The van der Waals surface area contributed by atoms with Crippen LogP contribution in [-0.4, -0.2) is 30.1 Å². The van der Waals surface area contributed by atoms with Crippen LogP contribution in [-0.2, 0) is 6.54 Å². The molecule has 1 aromatic heterocycles. The lowest BCUT2D eigenvalue weighted by molar-refractivity contribution is 0.251. The van der Waals surface area contributed by atoms with Crippen LogP contribution in [0.2, 0.25) is 0 Å². The third-order valence-corrected chi connectivity index (χ3v) is 2.83. The highest BCUT2D eigenvalue weighted by molar-refractivity contribution is 5.89. The molecule has 0 aliphatic carbocycles. The van der Waals surface area contributed by atoms with Crippen LogP contribution in [0.25, 0.3) is 0 Å². The van der Waals surface area contributed by atoms with Crippen molar-refractivity contribution in [2.45, 2.75) is 13.5 Å². The highest BCUT2D eigenvalue weighted by Crippen LogP contribution is 2.09. The van der Waals surface area contributed by atoms with Gasteiger partial charge >= 0.3 is 6.03 Å². The van der Waals surface area contributed by atoms with E-state index < -0.39 is 0 Å². The first-order valence-electron chi connectivity index (χ1n) is 6.65. The smallest absolute Gasteiger partial charge is 0.319 e. The van der Waals surface area contributed by atoms with Crippen molar-refractivity contribution in [3.05, 3.63) is 47.9 Å². The van der Waals surface area contributed by atoms with E-state index in [-0.39, 0.29) is 12.6 Å². The average molecular weight is 285 g/mol. The van der Waals surface area contributed by atoms with E-state index in [1.54, 1.807) is 6.20 Å². The fraction of sp³-hybridized carbons (Fsp3) is 0.267. The van der Waals surface area contributed by atoms with Gasteiger partial charge in [-0.3, -0.25) is 0 Å². The second-order valence-corrected chi connectivity index (χ2v) is 4.90. The Balaban J connectivity index is 1.90. The zero-order valence-electron chi connectivity index (χ0n) is 12.4. The number of aromatic nitrogens is 2. The molecule has 0 aliphatic rings. The molecule has 2 N–H and O–H groups in total. The van der Waals surface area contributed by atoms with E-state index in [2.05, 4.69) is 20.6 Å². The maximum atomic E-state index is 11.8. The van der Waals surface area contributed by atoms with E-state index in [9.17, 15) is 4.79 Å². The topological polar surface area (TPSA) is 70.2 Å². The monoisotopic (exact) mass is 285 g/mol. The van der Waals surface area contributed by atoms with Crippen molar-refractivity contribution in [1.29, 1.82) is 0 Å². The minimum Gasteiger partial charge on any atom is -0.363 e. The number of anilines is 2. The number of aryl methyl sites for hydroxylation is 1. The van der Waals surface area contributed by atoms with E-state index in [4.69, 9.17) is 0 Å². The van der Waals surface area contributed by atoms with Crippen LogP contribution in [0.1, 0.15) is 11.4 Å². The van der Waals surface area contributed by atoms with Crippen LogP contribution in [0.15, 0.2) is 36.5 Å². The molecule has 110 valence electrons. The number of carbonyl (C=O) groups is 1. The summed E-state index contributed by atoms with van der Waals surface area (Å²) >= 11 is 0. The summed E-state index contributed by atoms with van der Waals surface area (Å²) < 4.78 is 0. The van der Waals surface area contributed by atoms with Gasteiger partial charge in [0.1, 0.15) is 11.6 Å². The molecular weight excluding hydrogens is 266 g/mol. The van der Waals surface area contributed by atoms with Gasteiger partial charge in [0.2, 0.25) is 0 Å². The molecule has 1 heterocycles. The Morgan fingerprint density at radius 3 is 2.81 bits per heavy atom. The Labute approximate surface area is 124 Å². The van der Waals surface area contributed by atoms with Crippen molar-refractivity contribution < 1.29 is 4.79 Å². The molecule has 6 nitrogen and oxygen atoms in total. The molecule has 2 aromatic rings. The summed E-state index contributed by atoms with van der Waals surface area (Å²) in [4.78, 5) is 22.2. The van der Waals surface area contributed by atoms with E-state index in [1.165, 1.54) is 0 Å². The van der Waals surface area contributed by atoms with Crippen molar-refractivity contribution >= 4 is 17.5 Å². The number of carbonyl (C=O) groups excluding carboxylic acids is 1. The molecule has 0 unspecified atom stereocenters. The molecule has 6 heteroatoms. The third kappa shape index (κ3) is 4.45. The normalized spacial score (nSPS) is 10.0. The maximum Gasteiger partial charge on any atom is 0.319 e. The number of urea groups is 1. The van der Waals surface area contributed by atoms with Gasteiger partial charge in [-0.25, -0.2) is 14.8 Å². The second-order valence-electron chi connectivity index (χ2n) is 4.90. The Morgan fingerprint density at radius 2 is 2.10 bits per heavy atom. The molecule has 2 amide bonds. The fourth-order valence-corrected chi connectivity index (χ4v) is 1.78. The number of rotatable bonds is 4. The summed E-state index contributed by atoms with van der Waals surface area (Å²) in [7, 11) is 3.81. The molecule has 0 fully saturated rings. The first-order chi connectivity index (χ1) is 10.0. The number of hydrogen-bond donors (Lipinski definition) is 2. The number of nitrogens with one attached hydrogen (secondary N) is 2. The van der Waals surface area contributed by atoms with Crippen molar-refractivity contribution in [2.75, 3.05) is 24.3 Å². The predicted octanol–water partition coefficient (Wildman–Crippen LogP) is 2.17. The van der Waals surface area contributed by atoms with Gasteiger partial charge in [-0.1, -0.05) is 12.1 Å². The van der Waals surface area contributed by atoms with Crippen LogP contribution in [0, 0.1) is 6.92 Å². The third-order valence-electron chi connectivity index (χ3n) is 2.83. The van der Waals surface area contributed by atoms with Gasteiger partial charge in [0.05, 0.1) is 6.54 Å². The number of benzene rings is 1. The summed E-state index contributed by atoms with van der Waals surface area (Å²) in [6, 6.07) is 9.16. The molecule has 2 rings (SSSR count). The Kier molecular flexibility index (Phi) is 4.71. The molecule has 1 aromatic carbocycles. The fourth-order valence-electron chi connectivity index (χ4n) is 1.78. The summed E-state index contributed by atoms with van der Waals surface area (Å²) in [5, 5.41) is 5.51. The highest BCUT2D eigenvalue weighted by atomic mass is 16.2. The van der Waals surface area contributed by atoms with Gasteiger partial charge in [-0.15, -0.1) is 0 Å². The van der Waals surface area contributed by atoms with Crippen molar-refractivity contribution in [3.8, 4) is 0 Å². The molecule has 21 heavy (non-hydrogen) atoms. The van der Waals surface area contributed by atoms with Gasteiger partial charge in [-0.05, 0) is 30.7 Å². The van der Waals surface area contributed by atoms with Gasteiger partial charge in [-0.2, -0.15) is 0 Å². The summed E-state index contributed by atoms with van der Waals surface area (Å²) in [5.74, 6) is 1.38. The molecular formula is C15H19N5O. The Morgan fingerprint density at radius 1 is 1.29 bits per heavy atom. The average Bonchev–Trinajstić information content (AvgIpc) is 2.45. The summed E-state index contributed by atoms with van der Waals surface area (Å²) in [5.41, 5.74) is 1.85. The highest BCUT2D eigenvalue weighted by Gasteiger charge is 2.05. The zero-order chi connectivity index (χ0) is 15.2. The molecule has 0 aliphatic heterocycles. The number of nitrogens with zero attached hydrogens (tertiary/aromatic N) is 3. The van der Waals surface area contributed by atoms with Crippen LogP contribution >= 0.6 is 0 Å². The van der Waals surface area contributed by atoms with Gasteiger partial charge in [0.15, 0.2) is 0 Å². The Bertz CT molecular complexity index is 627. The lowest BCUT2D eigenvalue weighted by Crippen LogP contribution is -2.29. The van der Waals surface area contributed by atoms with Crippen molar-refractivity contribution in [1.82, 2.24) is 15.3 Å². The Hall–Kier alpha value is -2.63. The number of hydrogen-bond acceptors (Lipinski definition) is 4. The number of amides is 2. The van der Waals surface area contributed by atoms with Crippen molar-refractivity contribution in [3.63, 3.8) is 0 Å². The van der Waals surface area contributed by atoms with Gasteiger partial charge in [0.25, 0.3) is 0 Å². The minimum atomic E-state index is -0.278. The van der Waals surface area contributed by atoms with Crippen LogP contribution < -0.4 is 15.5 Å². The first kappa shape index (κ1) is 14.8. The first-order valence-corrected chi connectivity index (χ1v) is 6.65. The minimum absolute atomic E-state index is 0.277. The van der Waals surface area contributed by atoms with Crippen LogP contribution in [0.3, 0.4) is 0 Å². The molecule has 0 saturated carbocycles. The van der Waals surface area contributed by atoms with E-state index in [0.29, 0.717) is 5.82 Å². The maximum absolute atomic E-state index is 11.8. The van der Waals surface area contributed by atoms with E-state index in [1.807, 2.05) is 56.3 Å². The molecule has 0 radical (unpaired) electrons. The van der Waals surface area contributed by atoms with Gasteiger partial charge < -0.3 is 15.5 Å². The largest absolute Gasteiger partial charge is 0.363 e. The lowest BCUT2D eigenvalue weighted by Gasteiger charge is -2.12. The quantitative estimate of drug-likeness (QED) is 0.903. The predicted molar refractivity (Wildman–Crippen MR) is 83.4 cm³/mol.